The number of amides is 1. The first-order chi connectivity index (χ1) is 12.0. The lowest BCUT2D eigenvalue weighted by molar-refractivity contribution is 0.130. The summed E-state index contributed by atoms with van der Waals surface area (Å²) < 4.78 is 4.56. The number of benzene rings is 2. The molecule has 0 aliphatic rings. The van der Waals surface area contributed by atoms with E-state index >= 15 is 0 Å². The predicted octanol–water partition coefficient (Wildman–Crippen LogP) is 4.45. The number of alkyl carbamates (subject to hydrolysis) is 1. The average molecular weight is 361 g/mol. The Hall–Kier alpha value is -2.53. The zero-order valence-electron chi connectivity index (χ0n) is 14.5. The fourth-order valence-electron chi connectivity index (χ4n) is 2.23. The number of nitrogens with one attached hydrogen (secondary N) is 1. The molecular formula is C19H21ClN2O3. The van der Waals surface area contributed by atoms with Gasteiger partial charge in [-0.15, -0.1) is 0 Å². The third-order valence-electron chi connectivity index (χ3n) is 3.59. The Morgan fingerprint density at radius 1 is 1.24 bits per heavy atom. The minimum absolute atomic E-state index is 0.275. The van der Waals surface area contributed by atoms with Crippen LogP contribution in [0.25, 0.3) is 0 Å². The number of ether oxygens (including phenoxy) is 1. The third kappa shape index (κ3) is 5.80. The Kier molecular flexibility index (Phi) is 6.83. The Morgan fingerprint density at radius 2 is 2.04 bits per heavy atom. The molecule has 25 heavy (non-hydrogen) atoms. The van der Waals surface area contributed by atoms with Gasteiger partial charge in [-0.05, 0) is 42.7 Å². The van der Waals surface area contributed by atoms with Crippen LogP contribution in [0.1, 0.15) is 29.2 Å². The van der Waals surface area contributed by atoms with Crippen molar-refractivity contribution >= 4 is 23.4 Å². The third-order valence-corrected chi connectivity index (χ3v) is 3.96. The van der Waals surface area contributed by atoms with Crippen molar-refractivity contribution in [2.45, 2.75) is 27.0 Å². The molecule has 6 heteroatoms. The highest BCUT2D eigenvalue weighted by atomic mass is 35.5. The Balaban J connectivity index is 2.02. The molecule has 1 N–H and O–H groups in total. The molecular weight excluding hydrogens is 340 g/mol. The first-order valence-corrected chi connectivity index (χ1v) is 8.20. The summed E-state index contributed by atoms with van der Waals surface area (Å²) in [6.45, 7) is 4.58. The second kappa shape index (κ2) is 9.08. The van der Waals surface area contributed by atoms with Gasteiger partial charge in [0.2, 0.25) is 0 Å². The van der Waals surface area contributed by atoms with Gasteiger partial charge < -0.3 is 14.9 Å². The van der Waals surface area contributed by atoms with Crippen molar-refractivity contribution in [1.29, 1.82) is 0 Å². The van der Waals surface area contributed by atoms with Crippen molar-refractivity contribution in [3.8, 4) is 0 Å². The van der Waals surface area contributed by atoms with E-state index in [2.05, 4.69) is 21.3 Å². The van der Waals surface area contributed by atoms with Crippen molar-refractivity contribution in [2.75, 3.05) is 7.11 Å². The van der Waals surface area contributed by atoms with E-state index < -0.39 is 6.09 Å². The normalized spacial score (nSPS) is 11.1. The van der Waals surface area contributed by atoms with Gasteiger partial charge in [0, 0.05) is 11.6 Å². The molecule has 2 aromatic carbocycles. The van der Waals surface area contributed by atoms with Crippen molar-refractivity contribution in [1.82, 2.24) is 5.32 Å². The number of methoxy groups -OCH3 is 1. The summed E-state index contributed by atoms with van der Waals surface area (Å²) in [4.78, 5) is 16.6. The first kappa shape index (κ1) is 18.8. The van der Waals surface area contributed by atoms with E-state index in [-0.39, 0.29) is 6.54 Å². The van der Waals surface area contributed by atoms with Crippen LogP contribution in [0.4, 0.5) is 4.79 Å². The van der Waals surface area contributed by atoms with Gasteiger partial charge in [-0.1, -0.05) is 52.7 Å². The van der Waals surface area contributed by atoms with Gasteiger partial charge in [0.05, 0.1) is 12.8 Å². The van der Waals surface area contributed by atoms with Crippen LogP contribution in [0.15, 0.2) is 47.6 Å². The van der Waals surface area contributed by atoms with Gasteiger partial charge in [-0.3, -0.25) is 0 Å². The van der Waals surface area contributed by atoms with E-state index in [0.717, 1.165) is 22.4 Å². The lowest BCUT2D eigenvalue weighted by atomic mass is 10.1. The zero-order valence-corrected chi connectivity index (χ0v) is 15.3. The first-order valence-electron chi connectivity index (χ1n) is 7.82. The molecule has 0 aromatic heterocycles. The number of halogens is 1. The van der Waals surface area contributed by atoms with Crippen LogP contribution in [0.3, 0.4) is 0 Å². The second-order valence-electron chi connectivity index (χ2n) is 5.59. The lowest BCUT2D eigenvalue weighted by Gasteiger charge is -2.09. The molecule has 5 nitrogen and oxygen atoms in total. The van der Waals surface area contributed by atoms with E-state index in [0.29, 0.717) is 11.6 Å². The van der Waals surface area contributed by atoms with Crippen LogP contribution in [-0.4, -0.2) is 18.9 Å². The number of hydrogen-bond acceptors (Lipinski definition) is 4. The Morgan fingerprint density at radius 3 is 2.76 bits per heavy atom. The molecule has 0 radical (unpaired) electrons. The highest BCUT2D eigenvalue weighted by molar-refractivity contribution is 6.31. The molecule has 0 fully saturated rings. The number of nitrogens with zero attached hydrogens (tertiary/aromatic N) is 1. The minimum atomic E-state index is -0.506. The van der Waals surface area contributed by atoms with Crippen LogP contribution in [-0.2, 0) is 22.7 Å². The summed E-state index contributed by atoms with van der Waals surface area (Å²) in [5.74, 6) is 0. The molecule has 0 bridgehead atoms. The predicted molar refractivity (Wildman–Crippen MR) is 98.9 cm³/mol. The van der Waals surface area contributed by atoms with Crippen LogP contribution in [0.2, 0.25) is 5.02 Å². The van der Waals surface area contributed by atoms with E-state index in [1.165, 1.54) is 12.7 Å². The molecule has 0 unspecified atom stereocenters. The average Bonchev–Trinajstić information content (AvgIpc) is 2.60. The molecule has 0 aliphatic heterocycles. The van der Waals surface area contributed by atoms with E-state index in [9.17, 15) is 4.79 Å². The number of carbonyl (C=O) groups is 1. The number of oxime groups is 1. The summed E-state index contributed by atoms with van der Waals surface area (Å²) in [7, 11) is 1.32. The van der Waals surface area contributed by atoms with Gasteiger partial charge in [0.1, 0.15) is 6.61 Å². The van der Waals surface area contributed by atoms with E-state index in [1.807, 2.05) is 44.2 Å². The molecule has 2 aromatic rings. The van der Waals surface area contributed by atoms with E-state index in [4.69, 9.17) is 16.4 Å². The summed E-state index contributed by atoms with van der Waals surface area (Å²) in [5.41, 5.74) is 4.62. The van der Waals surface area contributed by atoms with Crippen LogP contribution < -0.4 is 5.32 Å². The fraction of sp³-hybridized carbons (Fsp3) is 0.263. The SMILES string of the molecule is COC(=O)NCc1cc(/C(C)=N\OCc2cccc(C)c2)ccc1Cl. The molecule has 0 atom stereocenters. The van der Waals surface area contributed by atoms with Crippen LogP contribution in [0.5, 0.6) is 0 Å². The summed E-state index contributed by atoms with van der Waals surface area (Å²) in [6.07, 6.45) is -0.506. The molecule has 2 rings (SSSR count). The topological polar surface area (TPSA) is 59.9 Å². The van der Waals surface area contributed by atoms with Crippen molar-refractivity contribution < 1.29 is 14.4 Å². The Bertz CT molecular complexity index is 775. The zero-order chi connectivity index (χ0) is 18.2. The summed E-state index contributed by atoms with van der Waals surface area (Å²) in [5, 5.41) is 7.34. The number of rotatable bonds is 6. The monoisotopic (exact) mass is 360 g/mol. The highest BCUT2D eigenvalue weighted by Gasteiger charge is 2.07. The fourth-order valence-corrected chi connectivity index (χ4v) is 2.42. The number of carbonyl (C=O) groups excluding carboxylic acids is 1. The number of aryl methyl sites for hydroxylation is 1. The van der Waals surface area contributed by atoms with Crippen molar-refractivity contribution in [3.05, 3.63) is 69.7 Å². The molecule has 0 spiro atoms. The largest absolute Gasteiger partial charge is 0.453 e. The minimum Gasteiger partial charge on any atom is -0.453 e. The van der Waals surface area contributed by atoms with Gasteiger partial charge >= 0.3 is 6.09 Å². The van der Waals surface area contributed by atoms with Crippen LogP contribution >= 0.6 is 11.6 Å². The quantitative estimate of drug-likeness (QED) is 0.611. The van der Waals surface area contributed by atoms with Gasteiger partial charge in [0.25, 0.3) is 0 Å². The molecule has 0 saturated heterocycles. The number of hydrogen-bond donors (Lipinski definition) is 1. The lowest BCUT2D eigenvalue weighted by Crippen LogP contribution is -2.22. The molecule has 0 heterocycles. The maximum atomic E-state index is 11.2. The highest BCUT2D eigenvalue weighted by Crippen LogP contribution is 2.18. The van der Waals surface area contributed by atoms with Crippen molar-refractivity contribution in [2.24, 2.45) is 5.16 Å². The molecule has 0 aliphatic carbocycles. The Labute approximate surface area is 152 Å². The maximum Gasteiger partial charge on any atom is 0.407 e. The van der Waals surface area contributed by atoms with Crippen LogP contribution in [0, 0.1) is 6.92 Å². The molecule has 0 saturated carbocycles. The van der Waals surface area contributed by atoms with Gasteiger partial charge in [-0.25, -0.2) is 4.79 Å². The van der Waals surface area contributed by atoms with E-state index in [1.54, 1.807) is 6.07 Å². The van der Waals surface area contributed by atoms with Crippen molar-refractivity contribution in [3.63, 3.8) is 0 Å². The standard InChI is InChI=1S/C19H21ClN2O3/c1-13-5-4-6-15(9-13)12-25-22-14(2)16-7-8-18(20)17(10-16)11-21-19(23)24-3/h4-10H,11-12H2,1-3H3,(H,21,23)/b22-14-. The summed E-state index contributed by atoms with van der Waals surface area (Å²) >= 11 is 6.16. The smallest absolute Gasteiger partial charge is 0.407 e. The van der Waals surface area contributed by atoms with Gasteiger partial charge in [-0.2, -0.15) is 0 Å². The molecule has 1 amide bonds. The second-order valence-corrected chi connectivity index (χ2v) is 6.00. The van der Waals surface area contributed by atoms with Gasteiger partial charge in [0.15, 0.2) is 0 Å². The molecule has 132 valence electrons. The maximum absolute atomic E-state index is 11.2. The summed E-state index contributed by atoms with van der Waals surface area (Å²) in [6, 6.07) is 13.6.